The van der Waals surface area contributed by atoms with E-state index in [2.05, 4.69) is 104 Å². The van der Waals surface area contributed by atoms with Crippen LogP contribution in [0.15, 0.2) is 119 Å². The van der Waals surface area contributed by atoms with Gasteiger partial charge in [-0.15, -0.1) is 0 Å². The zero-order valence-electron chi connectivity index (χ0n) is 15.3. The minimum absolute atomic E-state index is 0.514. The lowest BCUT2D eigenvalue weighted by molar-refractivity contribution is 0.224. The molecule has 0 aromatic heterocycles. The van der Waals surface area contributed by atoms with E-state index in [4.69, 9.17) is 4.52 Å². The molecule has 134 valence electrons. The maximum Gasteiger partial charge on any atom is 0.237 e. The standard InChI is InChI=1S/C24H22OPS/c1-3-24(2)23(27-22-17-11-6-12-18-22)19-26(25-24,20-13-7-4-8-14-20)21-15-9-5-10-16-21/h3-19H,1H2,2H3/q+1. The average Bonchev–Trinajstić information content (AvgIpc) is 3.04. The van der Waals surface area contributed by atoms with E-state index in [0.29, 0.717) is 0 Å². The number of benzene rings is 3. The van der Waals surface area contributed by atoms with Crippen molar-refractivity contribution in [2.24, 2.45) is 0 Å². The molecular formula is C24H22OPS+. The van der Waals surface area contributed by atoms with Crippen LogP contribution in [0.1, 0.15) is 6.92 Å². The minimum Gasteiger partial charge on any atom is -0.207 e. The van der Waals surface area contributed by atoms with E-state index >= 15 is 0 Å². The van der Waals surface area contributed by atoms with Crippen LogP contribution in [-0.4, -0.2) is 5.60 Å². The quantitative estimate of drug-likeness (QED) is 0.381. The molecule has 0 saturated heterocycles. The van der Waals surface area contributed by atoms with E-state index in [9.17, 15) is 0 Å². The molecule has 0 amide bonds. The fourth-order valence-electron chi connectivity index (χ4n) is 3.25. The van der Waals surface area contributed by atoms with Gasteiger partial charge >= 0.3 is 0 Å². The third-order valence-corrected chi connectivity index (χ3v) is 9.61. The first-order chi connectivity index (χ1) is 13.2. The van der Waals surface area contributed by atoms with Crippen LogP contribution >= 0.6 is 19.3 Å². The molecule has 4 rings (SSSR count). The van der Waals surface area contributed by atoms with Gasteiger partial charge in [0.2, 0.25) is 7.49 Å². The molecule has 0 fully saturated rings. The Morgan fingerprint density at radius 2 is 1.30 bits per heavy atom. The largest absolute Gasteiger partial charge is 0.237 e. The van der Waals surface area contributed by atoms with Gasteiger partial charge in [0, 0.05) is 4.90 Å². The summed E-state index contributed by atoms with van der Waals surface area (Å²) in [6.07, 6.45) is 1.93. The Labute approximate surface area is 166 Å². The molecule has 0 bridgehead atoms. The number of rotatable bonds is 5. The highest BCUT2D eigenvalue weighted by atomic mass is 32.2. The van der Waals surface area contributed by atoms with E-state index in [1.54, 1.807) is 11.8 Å². The smallest absolute Gasteiger partial charge is 0.207 e. The minimum atomic E-state index is -2.14. The maximum absolute atomic E-state index is 6.92. The zero-order valence-corrected chi connectivity index (χ0v) is 17.0. The van der Waals surface area contributed by atoms with Crippen LogP contribution in [0, 0.1) is 0 Å². The summed E-state index contributed by atoms with van der Waals surface area (Å²) in [5, 5.41) is 2.46. The summed E-state index contributed by atoms with van der Waals surface area (Å²) in [5.41, 5.74) is -0.514. The molecule has 3 heteroatoms. The fourth-order valence-corrected chi connectivity index (χ4v) is 8.29. The predicted molar refractivity (Wildman–Crippen MR) is 119 cm³/mol. The van der Waals surface area contributed by atoms with Crippen LogP contribution in [0.5, 0.6) is 0 Å². The summed E-state index contributed by atoms with van der Waals surface area (Å²) in [4.78, 5) is 2.41. The number of thioether (sulfide) groups is 1. The first-order valence-electron chi connectivity index (χ1n) is 8.97. The van der Waals surface area contributed by atoms with Crippen molar-refractivity contribution in [2.75, 3.05) is 0 Å². The van der Waals surface area contributed by atoms with E-state index in [1.165, 1.54) is 20.4 Å². The van der Waals surface area contributed by atoms with Crippen LogP contribution < -0.4 is 10.6 Å². The van der Waals surface area contributed by atoms with Crippen molar-refractivity contribution in [2.45, 2.75) is 17.4 Å². The van der Waals surface area contributed by atoms with E-state index in [-0.39, 0.29) is 0 Å². The van der Waals surface area contributed by atoms with Crippen LogP contribution in [-0.2, 0) is 4.52 Å². The molecule has 0 radical (unpaired) electrons. The normalized spacial score (nSPS) is 20.9. The molecule has 1 unspecified atom stereocenters. The summed E-state index contributed by atoms with van der Waals surface area (Å²) in [5.74, 6) is 2.37. The molecule has 3 aromatic carbocycles. The molecule has 0 saturated carbocycles. The second-order valence-corrected chi connectivity index (χ2v) is 10.5. The SMILES string of the molecule is C=CC1(C)O[P+](c2ccccc2)(c2ccccc2)C=C1Sc1ccccc1. The molecule has 1 aliphatic rings. The van der Waals surface area contributed by atoms with Crippen molar-refractivity contribution in [3.63, 3.8) is 0 Å². The van der Waals surface area contributed by atoms with Crippen molar-refractivity contribution in [3.05, 3.63) is 114 Å². The van der Waals surface area contributed by atoms with Crippen molar-refractivity contribution < 1.29 is 4.52 Å². The van der Waals surface area contributed by atoms with Crippen molar-refractivity contribution >= 4 is 29.9 Å². The Balaban J connectivity index is 1.88. The summed E-state index contributed by atoms with van der Waals surface area (Å²) in [6, 6.07) is 31.6. The van der Waals surface area contributed by atoms with Gasteiger partial charge in [0.15, 0.2) is 5.60 Å². The highest BCUT2D eigenvalue weighted by molar-refractivity contribution is 8.04. The van der Waals surface area contributed by atoms with Crippen molar-refractivity contribution in [1.29, 1.82) is 0 Å². The van der Waals surface area contributed by atoms with Crippen LogP contribution in [0.25, 0.3) is 0 Å². The Morgan fingerprint density at radius 1 is 0.815 bits per heavy atom. The summed E-state index contributed by atoms with van der Waals surface area (Å²) >= 11 is 1.77. The summed E-state index contributed by atoms with van der Waals surface area (Å²) in [6.45, 7) is 6.22. The zero-order chi connectivity index (χ0) is 18.7. The van der Waals surface area contributed by atoms with Gasteiger partial charge < -0.3 is 0 Å². The molecule has 3 aromatic rings. The monoisotopic (exact) mass is 389 g/mol. The lowest BCUT2D eigenvalue weighted by atomic mass is 10.1. The lowest BCUT2D eigenvalue weighted by Crippen LogP contribution is -2.28. The second kappa shape index (κ2) is 7.48. The Morgan fingerprint density at radius 3 is 1.78 bits per heavy atom. The van der Waals surface area contributed by atoms with E-state index in [0.717, 1.165) is 0 Å². The highest BCUT2D eigenvalue weighted by Crippen LogP contribution is 2.69. The van der Waals surface area contributed by atoms with Gasteiger partial charge in [-0.2, -0.15) is 0 Å². The van der Waals surface area contributed by atoms with Gasteiger partial charge in [-0.25, -0.2) is 4.52 Å². The van der Waals surface area contributed by atoms with Crippen LogP contribution in [0.2, 0.25) is 0 Å². The summed E-state index contributed by atoms with van der Waals surface area (Å²) < 4.78 is 6.92. The average molecular weight is 389 g/mol. The fraction of sp³-hybridized carbons (Fsp3) is 0.0833. The number of hydrogen-bond donors (Lipinski definition) is 0. The third kappa shape index (κ3) is 3.41. The van der Waals surface area contributed by atoms with Gasteiger partial charge in [0.1, 0.15) is 16.4 Å². The van der Waals surface area contributed by atoms with Crippen LogP contribution in [0.4, 0.5) is 0 Å². The Kier molecular flexibility index (Phi) is 5.06. The molecule has 1 heterocycles. The first-order valence-corrected chi connectivity index (χ1v) is 11.6. The first kappa shape index (κ1) is 18.3. The molecule has 1 atom stereocenters. The van der Waals surface area contributed by atoms with Gasteiger partial charge in [0.25, 0.3) is 0 Å². The molecule has 1 nitrogen and oxygen atoms in total. The second-order valence-electron chi connectivity index (χ2n) is 6.64. The molecule has 1 aliphatic heterocycles. The van der Waals surface area contributed by atoms with E-state index < -0.39 is 13.1 Å². The molecular weight excluding hydrogens is 367 g/mol. The Hall–Kier alpha value is -2.12. The van der Waals surface area contributed by atoms with Crippen LogP contribution in [0.3, 0.4) is 0 Å². The van der Waals surface area contributed by atoms with Gasteiger partial charge in [0.05, 0.1) is 4.91 Å². The van der Waals surface area contributed by atoms with Gasteiger partial charge in [-0.05, 0) is 43.3 Å². The summed E-state index contributed by atoms with van der Waals surface area (Å²) in [7, 11) is -2.14. The molecule has 0 spiro atoms. The topological polar surface area (TPSA) is 9.23 Å². The number of hydrogen-bond acceptors (Lipinski definition) is 2. The lowest BCUT2D eigenvalue weighted by Gasteiger charge is -2.25. The Bertz CT molecular complexity index is 914. The van der Waals surface area contributed by atoms with Gasteiger partial charge in [-0.1, -0.05) is 79.0 Å². The maximum atomic E-state index is 6.92. The molecule has 0 aliphatic carbocycles. The van der Waals surface area contributed by atoms with E-state index in [1.807, 2.05) is 12.1 Å². The van der Waals surface area contributed by atoms with Crippen molar-refractivity contribution in [1.82, 2.24) is 0 Å². The molecule has 0 N–H and O–H groups in total. The van der Waals surface area contributed by atoms with Crippen molar-refractivity contribution in [3.8, 4) is 0 Å². The van der Waals surface area contributed by atoms with Gasteiger partial charge in [-0.3, -0.25) is 0 Å². The third-order valence-electron chi connectivity index (χ3n) is 4.76. The predicted octanol–water partition coefficient (Wildman–Crippen LogP) is 6.18. The molecule has 27 heavy (non-hydrogen) atoms. The highest BCUT2D eigenvalue weighted by Gasteiger charge is 2.56.